The Balaban J connectivity index is 1.74. The van der Waals surface area contributed by atoms with Crippen molar-refractivity contribution in [1.82, 2.24) is 9.55 Å². The minimum atomic E-state index is -4.40. The number of aromatic nitrogens is 2. The fourth-order valence-electron chi connectivity index (χ4n) is 3.09. The number of nitriles is 1. The van der Waals surface area contributed by atoms with E-state index in [1.807, 2.05) is 24.3 Å². The monoisotopic (exact) mass is 409 g/mol. The topological polar surface area (TPSA) is 41.6 Å². The van der Waals surface area contributed by atoms with Gasteiger partial charge in [0, 0.05) is 18.4 Å². The molecule has 0 aliphatic carbocycles. The average molecular weight is 409 g/mol. The van der Waals surface area contributed by atoms with Gasteiger partial charge in [-0.1, -0.05) is 24.3 Å². The van der Waals surface area contributed by atoms with Crippen LogP contribution in [0.1, 0.15) is 16.3 Å². The molecule has 2 heterocycles. The van der Waals surface area contributed by atoms with Gasteiger partial charge in [-0.15, -0.1) is 11.3 Å². The van der Waals surface area contributed by atoms with Crippen LogP contribution in [0, 0.1) is 11.3 Å². The molecule has 7 heteroatoms. The van der Waals surface area contributed by atoms with Gasteiger partial charge in [0.15, 0.2) is 0 Å². The number of rotatable bonds is 3. The third-order valence-electron chi connectivity index (χ3n) is 4.58. The second-order valence-corrected chi connectivity index (χ2v) is 7.47. The number of hydrogen-bond donors (Lipinski definition) is 0. The van der Waals surface area contributed by atoms with E-state index in [9.17, 15) is 18.4 Å². The van der Waals surface area contributed by atoms with Gasteiger partial charge in [-0.2, -0.15) is 18.4 Å². The second-order valence-electron chi connectivity index (χ2n) is 6.44. The molecule has 0 unspecified atom stereocenters. The van der Waals surface area contributed by atoms with E-state index >= 15 is 0 Å². The Bertz CT molecular complexity index is 1240. The Morgan fingerprint density at radius 1 is 1.10 bits per heavy atom. The predicted molar refractivity (Wildman–Crippen MR) is 109 cm³/mol. The highest BCUT2D eigenvalue weighted by molar-refractivity contribution is 7.19. The maximum atomic E-state index is 13.0. The van der Waals surface area contributed by atoms with Crippen molar-refractivity contribution in [1.29, 1.82) is 5.26 Å². The number of para-hydroxylation sites is 1. The lowest BCUT2D eigenvalue weighted by Crippen LogP contribution is -2.05. The van der Waals surface area contributed by atoms with Crippen LogP contribution in [0.25, 0.3) is 33.1 Å². The SMILES string of the molecule is Cn1c(C=C(C#N)c2nc3ccccc3s2)ccc1-c1cccc(C(F)(F)F)c1. The molecule has 0 bridgehead atoms. The van der Waals surface area contributed by atoms with Crippen molar-refractivity contribution in [3.63, 3.8) is 0 Å². The van der Waals surface area contributed by atoms with Crippen LogP contribution in [-0.2, 0) is 13.2 Å². The number of alkyl halides is 3. The summed E-state index contributed by atoms with van der Waals surface area (Å²) in [7, 11) is 1.76. The second kappa shape index (κ2) is 7.22. The number of halogens is 3. The van der Waals surface area contributed by atoms with Crippen LogP contribution >= 0.6 is 11.3 Å². The fourth-order valence-corrected chi connectivity index (χ4v) is 4.03. The number of fused-ring (bicyclic) bond motifs is 1. The number of nitrogens with zero attached hydrogens (tertiary/aromatic N) is 3. The minimum absolute atomic E-state index is 0.406. The lowest BCUT2D eigenvalue weighted by Gasteiger charge is -2.10. The smallest absolute Gasteiger partial charge is 0.344 e. The van der Waals surface area contributed by atoms with Crippen molar-refractivity contribution in [2.24, 2.45) is 7.05 Å². The van der Waals surface area contributed by atoms with Gasteiger partial charge in [-0.05, 0) is 48.0 Å². The van der Waals surface area contributed by atoms with Gasteiger partial charge in [0.2, 0.25) is 0 Å². The summed E-state index contributed by atoms with van der Waals surface area (Å²) < 4.78 is 41.8. The van der Waals surface area contributed by atoms with Crippen molar-refractivity contribution in [3.8, 4) is 17.3 Å². The minimum Gasteiger partial charge on any atom is -0.344 e. The summed E-state index contributed by atoms with van der Waals surface area (Å²) in [5.41, 5.74) is 2.33. The van der Waals surface area contributed by atoms with E-state index in [4.69, 9.17) is 0 Å². The molecule has 0 aliphatic heterocycles. The Morgan fingerprint density at radius 2 is 1.90 bits per heavy atom. The highest BCUT2D eigenvalue weighted by Crippen LogP contribution is 2.33. The maximum Gasteiger partial charge on any atom is 0.416 e. The molecule has 0 saturated carbocycles. The van der Waals surface area contributed by atoms with Gasteiger partial charge in [0.1, 0.15) is 11.1 Å². The summed E-state index contributed by atoms with van der Waals surface area (Å²) in [6.45, 7) is 0. The van der Waals surface area contributed by atoms with Crippen LogP contribution in [0.5, 0.6) is 0 Å². The fraction of sp³-hybridized carbons (Fsp3) is 0.0909. The van der Waals surface area contributed by atoms with E-state index in [-0.39, 0.29) is 0 Å². The van der Waals surface area contributed by atoms with Crippen molar-refractivity contribution in [3.05, 3.63) is 76.9 Å². The van der Waals surface area contributed by atoms with Gasteiger partial charge in [0.25, 0.3) is 0 Å². The van der Waals surface area contributed by atoms with E-state index in [0.29, 0.717) is 27.5 Å². The number of hydrogen-bond acceptors (Lipinski definition) is 3. The molecule has 29 heavy (non-hydrogen) atoms. The van der Waals surface area contributed by atoms with Crippen LogP contribution in [0.3, 0.4) is 0 Å². The van der Waals surface area contributed by atoms with Gasteiger partial charge >= 0.3 is 6.18 Å². The first-order valence-corrected chi connectivity index (χ1v) is 9.49. The predicted octanol–water partition coefficient (Wildman–Crippen LogP) is 6.38. The number of thiazole rings is 1. The van der Waals surface area contributed by atoms with Gasteiger partial charge in [-0.25, -0.2) is 4.98 Å². The Labute approximate surface area is 169 Å². The first kappa shape index (κ1) is 19.0. The molecule has 2 aromatic carbocycles. The van der Waals surface area contributed by atoms with Crippen LogP contribution in [0.15, 0.2) is 60.7 Å². The summed E-state index contributed by atoms with van der Waals surface area (Å²) >= 11 is 1.43. The summed E-state index contributed by atoms with van der Waals surface area (Å²) in [5.74, 6) is 0. The summed E-state index contributed by atoms with van der Waals surface area (Å²) in [6.07, 6.45) is -2.69. The molecule has 3 nitrogen and oxygen atoms in total. The zero-order valence-corrected chi connectivity index (χ0v) is 16.1. The molecule has 0 fully saturated rings. The third kappa shape index (κ3) is 3.67. The molecule has 144 valence electrons. The lowest BCUT2D eigenvalue weighted by molar-refractivity contribution is -0.137. The van der Waals surface area contributed by atoms with Crippen LogP contribution in [0.2, 0.25) is 0 Å². The normalized spacial score (nSPS) is 12.3. The summed E-state index contributed by atoms with van der Waals surface area (Å²) in [4.78, 5) is 4.51. The first-order chi connectivity index (χ1) is 13.9. The van der Waals surface area contributed by atoms with Gasteiger partial charge < -0.3 is 4.57 Å². The maximum absolute atomic E-state index is 13.0. The van der Waals surface area contributed by atoms with Crippen LogP contribution in [0.4, 0.5) is 13.2 Å². The van der Waals surface area contributed by atoms with Crippen LogP contribution < -0.4 is 0 Å². The van der Waals surface area contributed by atoms with E-state index in [0.717, 1.165) is 22.3 Å². The molecule has 0 atom stereocenters. The zero-order chi connectivity index (χ0) is 20.6. The van der Waals surface area contributed by atoms with Crippen molar-refractivity contribution < 1.29 is 13.2 Å². The molecule has 0 aliphatic rings. The largest absolute Gasteiger partial charge is 0.416 e. The highest BCUT2D eigenvalue weighted by atomic mass is 32.1. The quantitative estimate of drug-likeness (QED) is 0.368. The van der Waals surface area contributed by atoms with E-state index < -0.39 is 11.7 Å². The Morgan fingerprint density at radius 3 is 2.62 bits per heavy atom. The molecule has 2 aromatic heterocycles. The molecule has 0 spiro atoms. The van der Waals surface area contributed by atoms with Crippen LogP contribution in [-0.4, -0.2) is 9.55 Å². The Kier molecular flexibility index (Phi) is 4.73. The number of allylic oxidation sites excluding steroid dienone is 1. The molecule has 0 saturated heterocycles. The first-order valence-electron chi connectivity index (χ1n) is 8.68. The molecule has 4 rings (SSSR count). The molecule has 0 N–H and O–H groups in total. The summed E-state index contributed by atoms with van der Waals surface area (Å²) in [5, 5.41) is 10.2. The molecule has 4 aromatic rings. The van der Waals surface area contributed by atoms with Gasteiger partial charge in [0.05, 0.1) is 21.4 Å². The number of benzene rings is 2. The zero-order valence-electron chi connectivity index (χ0n) is 15.2. The average Bonchev–Trinajstić information content (AvgIpc) is 3.29. The van der Waals surface area contributed by atoms with Crippen molar-refractivity contribution in [2.45, 2.75) is 6.18 Å². The van der Waals surface area contributed by atoms with E-state index in [1.54, 1.807) is 35.9 Å². The van der Waals surface area contributed by atoms with E-state index in [2.05, 4.69) is 11.1 Å². The molecule has 0 amide bonds. The van der Waals surface area contributed by atoms with E-state index in [1.165, 1.54) is 17.4 Å². The van der Waals surface area contributed by atoms with Crippen molar-refractivity contribution >= 4 is 33.2 Å². The summed E-state index contributed by atoms with van der Waals surface area (Å²) in [6, 6.07) is 18.5. The molecule has 0 radical (unpaired) electrons. The lowest BCUT2D eigenvalue weighted by atomic mass is 10.1. The highest BCUT2D eigenvalue weighted by Gasteiger charge is 2.30. The molecular formula is C22H14F3N3S. The molecular weight excluding hydrogens is 395 g/mol. The Hall–Kier alpha value is -3.37. The standard InChI is InChI=1S/C22H14F3N3S/c1-28-17(9-10-19(28)14-5-4-6-16(11-14)22(23,24)25)12-15(13-26)21-27-18-7-2-3-8-20(18)29-21/h2-12H,1H3. The third-order valence-corrected chi connectivity index (χ3v) is 5.65. The van der Waals surface area contributed by atoms with Crippen molar-refractivity contribution in [2.75, 3.05) is 0 Å². The van der Waals surface area contributed by atoms with Gasteiger partial charge in [-0.3, -0.25) is 0 Å².